The fourth-order valence-corrected chi connectivity index (χ4v) is 3.36. The van der Waals surface area contributed by atoms with Crippen molar-refractivity contribution < 1.29 is 9.53 Å². The fraction of sp³-hybridized carbons (Fsp3) is 0.588. The molecule has 1 aromatic carbocycles. The maximum absolute atomic E-state index is 12.4. The molecule has 2 saturated heterocycles. The number of nitrogens with zero attached hydrogens (tertiary/aromatic N) is 2. The van der Waals surface area contributed by atoms with E-state index < -0.39 is 0 Å². The second-order valence-corrected chi connectivity index (χ2v) is 6.41. The van der Waals surface area contributed by atoms with E-state index in [0.717, 1.165) is 31.5 Å². The van der Waals surface area contributed by atoms with Crippen LogP contribution in [0.4, 0.5) is 0 Å². The van der Waals surface area contributed by atoms with Crippen molar-refractivity contribution in [2.24, 2.45) is 0 Å². The van der Waals surface area contributed by atoms with Gasteiger partial charge in [-0.3, -0.25) is 4.79 Å². The lowest BCUT2D eigenvalue weighted by molar-refractivity contribution is -0.183. The Balaban J connectivity index is 1.51. The molecule has 0 spiro atoms. The average molecular weight is 288 g/mol. The van der Waals surface area contributed by atoms with Crippen LogP contribution >= 0.6 is 0 Å². The van der Waals surface area contributed by atoms with Gasteiger partial charge in [0.2, 0.25) is 5.91 Å². The predicted molar refractivity (Wildman–Crippen MR) is 82.1 cm³/mol. The summed E-state index contributed by atoms with van der Waals surface area (Å²) in [5.74, 6) is 0.233. The molecule has 0 N–H and O–H groups in total. The first-order valence-electron chi connectivity index (χ1n) is 7.77. The highest BCUT2D eigenvalue weighted by Gasteiger charge is 2.46. The molecule has 3 atom stereocenters. The first-order chi connectivity index (χ1) is 10.1. The summed E-state index contributed by atoms with van der Waals surface area (Å²) in [5, 5.41) is 0. The maximum Gasteiger partial charge on any atom is 0.227 e. The van der Waals surface area contributed by atoms with Gasteiger partial charge in [0, 0.05) is 13.1 Å². The lowest BCUT2D eigenvalue weighted by Crippen LogP contribution is -2.66. The number of likely N-dealkylation sites (tertiary alicyclic amines) is 1. The number of likely N-dealkylation sites (N-methyl/N-ethyl adjacent to an activating group) is 1. The van der Waals surface area contributed by atoms with Crippen LogP contribution in [0.3, 0.4) is 0 Å². The lowest BCUT2D eigenvalue weighted by atomic mass is 9.89. The second-order valence-electron chi connectivity index (χ2n) is 6.41. The molecular weight excluding hydrogens is 264 g/mol. The number of ether oxygens (including phenoxy) is 1. The monoisotopic (exact) mass is 288 g/mol. The van der Waals surface area contributed by atoms with Gasteiger partial charge in [-0.1, -0.05) is 30.3 Å². The number of carbonyl (C=O) groups is 1. The summed E-state index contributed by atoms with van der Waals surface area (Å²) in [7, 11) is 4.15. The number of benzene rings is 1. The van der Waals surface area contributed by atoms with Crippen LogP contribution in [0.1, 0.15) is 18.4 Å². The molecular formula is C17H24N2O2. The lowest BCUT2D eigenvalue weighted by Gasteiger charge is -2.52. The largest absolute Gasteiger partial charge is 0.370 e. The Bertz CT molecular complexity index is 489. The SMILES string of the molecule is CN(C)C[C@@H]1CC[C@@H]2[C@@H](CN2C(=O)Cc2ccccc2)O1. The molecule has 2 aliphatic heterocycles. The maximum atomic E-state index is 12.4. The summed E-state index contributed by atoms with van der Waals surface area (Å²) in [5.41, 5.74) is 1.09. The van der Waals surface area contributed by atoms with Crippen LogP contribution in [0.5, 0.6) is 0 Å². The van der Waals surface area contributed by atoms with Crippen LogP contribution in [0.25, 0.3) is 0 Å². The van der Waals surface area contributed by atoms with E-state index in [4.69, 9.17) is 4.74 Å². The van der Waals surface area contributed by atoms with Gasteiger partial charge in [0.1, 0.15) is 0 Å². The van der Waals surface area contributed by atoms with Crippen LogP contribution in [0.2, 0.25) is 0 Å². The van der Waals surface area contributed by atoms with Gasteiger partial charge in [0.15, 0.2) is 0 Å². The summed E-state index contributed by atoms with van der Waals surface area (Å²) < 4.78 is 6.09. The van der Waals surface area contributed by atoms with Crippen molar-refractivity contribution in [2.75, 3.05) is 27.2 Å². The molecule has 3 rings (SSSR count). The van der Waals surface area contributed by atoms with Crippen molar-refractivity contribution in [1.29, 1.82) is 0 Å². The van der Waals surface area contributed by atoms with E-state index >= 15 is 0 Å². The third-order valence-corrected chi connectivity index (χ3v) is 4.45. The summed E-state index contributed by atoms with van der Waals surface area (Å²) in [6, 6.07) is 10.3. The minimum absolute atomic E-state index is 0.233. The summed E-state index contributed by atoms with van der Waals surface area (Å²) in [6.07, 6.45) is 3.21. The van der Waals surface area contributed by atoms with Crippen molar-refractivity contribution in [1.82, 2.24) is 9.80 Å². The third kappa shape index (κ3) is 3.27. The molecule has 0 aromatic heterocycles. The minimum Gasteiger partial charge on any atom is -0.370 e. The van der Waals surface area contributed by atoms with E-state index in [9.17, 15) is 4.79 Å². The summed E-state index contributed by atoms with van der Waals surface area (Å²) >= 11 is 0. The Morgan fingerprint density at radius 1 is 1.29 bits per heavy atom. The first kappa shape index (κ1) is 14.5. The Labute approximate surface area is 126 Å². The smallest absolute Gasteiger partial charge is 0.227 e. The summed E-state index contributed by atoms with van der Waals surface area (Å²) in [4.78, 5) is 16.5. The molecule has 0 bridgehead atoms. The Morgan fingerprint density at radius 3 is 2.71 bits per heavy atom. The molecule has 2 fully saturated rings. The van der Waals surface area contributed by atoms with E-state index in [-0.39, 0.29) is 12.0 Å². The molecule has 1 amide bonds. The predicted octanol–water partition coefficient (Wildman–Crippen LogP) is 1.55. The van der Waals surface area contributed by atoms with Crippen molar-refractivity contribution in [3.63, 3.8) is 0 Å². The third-order valence-electron chi connectivity index (χ3n) is 4.45. The van der Waals surface area contributed by atoms with Gasteiger partial charge in [-0.15, -0.1) is 0 Å². The Hall–Kier alpha value is -1.39. The van der Waals surface area contributed by atoms with Crippen molar-refractivity contribution >= 4 is 5.91 Å². The Kier molecular flexibility index (Phi) is 4.27. The van der Waals surface area contributed by atoms with Gasteiger partial charge >= 0.3 is 0 Å². The Morgan fingerprint density at radius 2 is 2.05 bits per heavy atom. The molecule has 21 heavy (non-hydrogen) atoms. The fourth-order valence-electron chi connectivity index (χ4n) is 3.36. The van der Waals surface area contributed by atoms with E-state index in [2.05, 4.69) is 19.0 Å². The van der Waals surface area contributed by atoms with E-state index in [1.807, 2.05) is 35.2 Å². The van der Waals surface area contributed by atoms with Crippen LogP contribution in [0.15, 0.2) is 30.3 Å². The first-order valence-corrected chi connectivity index (χ1v) is 7.77. The number of hydrogen-bond acceptors (Lipinski definition) is 3. The highest BCUT2D eigenvalue weighted by molar-refractivity contribution is 5.80. The molecule has 2 heterocycles. The number of amides is 1. The van der Waals surface area contributed by atoms with E-state index in [1.54, 1.807) is 0 Å². The molecule has 0 radical (unpaired) electrons. The molecule has 0 unspecified atom stereocenters. The van der Waals surface area contributed by atoms with Gasteiger partial charge in [0.25, 0.3) is 0 Å². The summed E-state index contributed by atoms with van der Waals surface area (Å²) in [6.45, 7) is 1.74. The quantitative estimate of drug-likeness (QED) is 0.843. The van der Waals surface area contributed by atoms with Crippen LogP contribution in [0, 0.1) is 0 Å². The molecule has 0 aliphatic carbocycles. The molecule has 2 aliphatic rings. The van der Waals surface area contributed by atoms with Crippen molar-refractivity contribution in [2.45, 2.75) is 37.5 Å². The molecule has 4 nitrogen and oxygen atoms in total. The van der Waals surface area contributed by atoms with Gasteiger partial charge < -0.3 is 14.5 Å². The van der Waals surface area contributed by atoms with E-state index in [1.165, 1.54) is 0 Å². The van der Waals surface area contributed by atoms with Crippen LogP contribution in [-0.4, -0.2) is 61.1 Å². The average Bonchev–Trinajstić information content (AvgIpc) is 2.42. The zero-order valence-corrected chi connectivity index (χ0v) is 12.9. The zero-order valence-electron chi connectivity index (χ0n) is 12.9. The van der Waals surface area contributed by atoms with Gasteiger partial charge in [-0.25, -0.2) is 0 Å². The number of carbonyl (C=O) groups excluding carboxylic acids is 1. The highest BCUT2D eigenvalue weighted by atomic mass is 16.5. The van der Waals surface area contributed by atoms with Crippen molar-refractivity contribution in [3.8, 4) is 0 Å². The van der Waals surface area contributed by atoms with E-state index in [0.29, 0.717) is 18.6 Å². The number of fused-ring (bicyclic) bond motifs is 1. The normalized spacial score (nSPS) is 28.1. The van der Waals surface area contributed by atoms with Crippen LogP contribution < -0.4 is 0 Å². The standard InChI is InChI=1S/C17H24N2O2/c1-18(2)11-14-8-9-15-16(21-14)12-19(15)17(20)10-13-6-4-3-5-7-13/h3-7,14-16H,8-12H2,1-2H3/t14-,15+,16+/m0/s1. The highest BCUT2D eigenvalue weighted by Crippen LogP contribution is 2.32. The molecule has 114 valence electrons. The van der Waals surface area contributed by atoms with Gasteiger partial charge in [-0.2, -0.15) is 0 Å². The minimum atomic E-state index is 0.233. The number of hydrogen-bond donors (Lipinski definition) is 0. The van der Waals surface area contributed by atoms with Crippen LogP contribution in [-0.2, 0) is 16.0 Å². The van der Waals surface area contributed by atoms with Gasteiger partial charge in [0.05, 0.1) is 24.7 Å². The number of rotatable bonds is 4. The molecule has 1 aromatic rings. The molecule has 0 saturated carbocycles. The van der Waals surface area contributed by atoms with Gasteiger partial charge in [-0.05, 0) is 32.5 Å². The topological polar surface area (TPSA) is 32.8 Å². The second kappa shape index (κ2) is 6.16. The zero-order chi connectivity index (χ0) is 14.8. The van der Waals surface area contributed by atoms with Crippen molar-refractivity contribution in [3.05, 3.63) is 35.9 Å². The molecule has 4 heteroatoms.